The molecular weight excluding hydrogens is 448 g/mol. The third kappa shape index (κ3) is 3.54. The van der Waals surface area contributed by atoms with Crippen LogP contribution in [0.15, 0.2) is 29.8 Å². The minimum absolute atomic E-state index is 0.0463. The van der Waals surface area contributed by atoms with E-state index >= 15 is 0 Å². The fourth-order valence-electron chi connectivity index (χ4n) is 6.26. The number of nitrogens with one attached hydrogen (secondary N) is 1. The van der Waals surface area contributed by atoms with Crippen LogP contribution in [0.3, 0.4) is 0 Å². The average molecular weight is 481 g/mol. The van der Waals surface area contributed by atoms with Gasteiger partial charge in [-0.25, -0.2) is 4.98 Å². The number of ether oxygens (including phenoxy) is 1. The Hall–Kier alpha value is -2.42. The van der Waals surface area contributed by atoms with E-state index in [1.165, 1.54) is 17.4 Å². The van der Waals surface area contributed by atoms with E-state index in [1.807, 2.05) is 17.6 Å². The molecule has 2 aliphatic heterocycles. The smallest absolute Gasteiger partial charge is 0.225 e. The van der Waals surface area contributed by atoms with Crippen LogP contribution in [0, 0.1) is 5.92 Å². The van der Waals surface area contributed by atoms with E-state index < -0.39 is 0 Å². The van der Waals surface area contributed by atoms with Crippen LogP contribution in [-0.4, -0.2) is 64.1 Å². The van der Waals surface area contributed by atoms with Gasteiger partial charge in [0.1, 0.15) is 10.8 Å². The van der Waals surface area contributed by atoms with Gasteiger partial charge >= 0.3 is 0 Å². The lowest BCUT2D eigenvalue weighted by Crippen LogP contribution is -2.55. The number of benzene rings is 1. The molecule has 6 rings (SSSR count). The highest BCUT2D eigenvalue weighted by Gasteiger charge is 2.48. The summed E-state index contributed by atoms with van der Waals surface area (Å²) in [6.07, 6.45) is 7.00. The van der Waals surface area contributed by atoms with Crippen LogP contribution in [0.5, 0.6) is 5.75 Å². The number of fused-ring (bicyclic) bond motifs is 4. The first-order valence-corrected chi connectivity index (χ1v) is 13.2. The Morgan fingerprint density at radius 1 is 1.32 bits per heavy atom. The van der Waals surface area contributed by atoms with Crippen LogP contribution in [0.25, 0.3) is 10.9 Å². The van der Waals surface area contributed by atoms with E-state index in [2.05, 4.69) is 31.9 Å². The first kappa shape index (κ1) is 22.1. The van der Waals surface area contributed by atoms with Crippen molar-refractivity contribution in [2.24, 2.45) is 5.92 Å². The van der Waals surface area contributed by atoms with Crippen molar-refractivity contribution in [1.82, 2.24) is 19.8 Å². The van der Waals surface area contributed by atoms with Gasteiger partial charge in [-0.1, -0.05) is 6.42 Å². The molecule has 1 aromatic carbocycles. The molecule has 34 heavy (non-hydrogen) atoms. The normalized spacial score (nSPS) is 22.6. The molecule has 3 aliphatic rings. The van der Waals surface area contributed by atoms with Crippen LogP contribution in [0.1, 0.15) is 54.4 Å². The number of nitrogens with zero attached hydrogens (tertiary/aromatic N) is 3. The summed E-state index contributed by atoms with van der Waals surface area (Å²) in [5.74, 6) is 1.42. The molecule has 0 radical (unpaired) electrons. The van der Waals surface area contributed by atoms with Crippen molar-refractivity contribution in [2.45, 2.75) is 50.1 Å². The lowest BCUT2D eigenvalue weighted by Gasteiger charge is -2.50. The molecule has 3 aromatic rings. The standard InChI is InChI=1S/C26H32N4O3S/c1-33-18-5-6-19-20(13-18)28-24-21(15-31)30(14-22-27-9-12-34-22)16-26(23(19)24)7-10-29(11-8-26)25(32)17-3-2-4-17/h5-6,9,12-13,17,21,28,31H,2-4,7-8,10-11,14-16H2,1H3/t21-/m0/s1. The Bertz CT molecular complexity index is 1180. The van der Waals surface area contributed by atoms with Gasteiger partial charge in [-0.2, -0.15) is 0 Å². The van der Waals surface area contributed by atoms with Crippen molar-refractivity contribution in [3.8, 4) is 5.75 Å². The number of rotatable bonds is 5. The molecular formula is C26H32N4O3S. The third-order valence-corrected chi connectivity index (χ3v) is 9.09. The first-order valence-electron chi connectivity index (χ1n) is 12.3. The van der Waals surface area contributed by atoms with Crippen LogP contribution >= 0.6 is 11.3 Å². The summed E-state index contributed by atoms with van der Waals surface area (Å²) in [6, 6.07) is 6.12. The van der Waals surface area contributed by atoms with E-state index in [-0.39, 0.29) is 24.0 Å². The molecule has 2 N–H and O–H groups in total. The Labute approximate surface area is 203 Å². The molecule has 2 fully saturated rings. The molecule has 1 saturated heterocycles. The number of methoxy groups -OCH3 is 1. The maximum absolute atomic E-state index is 13.0. The number of aromatic amines is 1. The van der Waals surface area contributed by atoms with Gasteiger partial charge in [-0.15, -0.1) is 11.3 Å². The summed E-state index contributed by atoms with van der Waals surface area (Å²) < 4.78 is 5.48. The number of likely N-dealkylation sites (tertiary alicyclic amines) is 1. The summed E-state index contributed by atoms with van der Waals surface area (Å²) in [7, 11) is 1.69. The second-order valence-corrected chi connectivity index (χ2v) is 11.1. The Balaban J connectivity index is 1.39. The van der Waals surface area contributed by atoms with Gasteiger partial charge in [0.05, 0.1) is 26.3 Å². The largest absolute Gasteiger partial charge is 0.497 e. The average Bonchev–Trinajstić information content (AvgIpc) is 3.46. The third-order valence-electron chi connectivity index (χ3n) is 8.33. The van der Waals surface area contributed by atoms with E-state index in [0.717, 1.165) is 67.3 Å². The second kappa shape index (κ2) is 8.66. The van der Waals surface area contributed by atoms with Gasteiger partial charge in [-0.05, 0) is 43.4 Å². The molecule has 1 atom stereocenters. The van der Waals surface area contributed by atoms with Crippen molar-refractivity contribution in [3.63, 3.8) is 0 Å². The Kier molecular flexibility index (Phi) is 5.62. The van der Waals surface area contributed by atoms with Crippen molar-refractivity contribution in [3.05, 3.63) is 46.0 Å². The number of aliphatic hydroxyl groups excluding tert-OH is 1. The summed E-state index contributed by atoms with van der Waals surface area (Å²) in [5, 5.41) is 14.8. The van der Waals surface area contributed by atoms with Crippen LogP contribution < -0.4 is 4.74 Å². The van der Waals surface area contributed by atoms with Crippen LogP contribution in [0.4, 0.5) is 0 Å². The number of H-pyrrole nitrogens is 1. The summed E-state index contributed by atoms with van der Waals surface area (Å²) >= 11 is 1.66. The molecule has 8 heteroatoms. The van der Waals surface area contributed by atoms with E-state index in [0.29, 0.717) is 12.5 Å². The number of aliphatic hydroxyl groups is 1. The van der Waals surface area contributed by atoms with E-state index in [9.17, 15) is 9.90 Å². The predicted octanol–water partition coefficient (Wildman–Crippen LogP) is 3.84. The Morgan fingerprint density at radius 2 is 2.15 bits per heavy atom. The van der Waals surface area contributed by atoms with Crippen molar-refractivity contribution in [2.75, 3.05) is 33.4 Å². The van der Waals surface area contributed by atoms with E-state index in [4.69, 9.17) is 4.74 Å². The number of thiazole rings is 1. The monoisotopic (exact) mass is 480 g/mol. The molecule has 1 aliphatic carbocycles. The fourth-order valence-corrected chi connectivity index (χ4v) is 6.90. The Morgan fingerprint density at radius 3 is 2.79 bits per heavy atom. The van der Waals surface area contributed by atoms with Gasteiger partial charge in [0.25, 0.3) is 0 Å². The minimum atomic E-state index is -0.113. The van der Waals surface area contributed by atoms with Crippen LogP contribution in [-0.2, 0) is 16.8 Å². The number of carbonyl (C=O) groups is 1. The molecule has 1 amide bonds. The molecule has 1 saturated carbocycles. The molecule has 0 unspecified atom stereocenters. The zero-order valence-electron chi connectivity index (χ0n) is 19.6. The van der Waals surface area contributed by atoms with Gasteiger partial charge in [0, 0.05) is 65.2 Å². The second-order valence-electron chi connectivity index (χ2n) is 10.1. The maximum Gasteiger partial charge on any atom is 0.225 e. The molecule has 1 spiro atoms. The number of carbonyl (C=O) groups excluding carboxylic acids is 1. The minimum Gasteiger partial charge on any atom is -0.497 e. The number of piperidine rings is 1. The van der Waals surface area contributed by atoms with Gasteiger partial charge in [-0.3, -0.25) is 9.69 Å². The highest BCUT2D eigenvalue weighted by atomic mass is 32.1. The van der Waals surface area contributed by atoms with Crippen molar-refractivity contribution >= 4 is 28.1 Å². The van der Waals surface area contributed by atoms with Gasteiger partial charge < -0.3 is 19.7 Å². The van der Waals surface area contributed by atoms with Crippen LogP contribution in [0.2, 0.25) is 0 Å². The number of aromatic nitrogens is 2. The highest BCUT2D eigenvalue weighted by molar-refractivity contribution is 7.09. The topological polar surface area (TPSA) is 81.7 Å². The fraction of sp³-hybridized carbons (Fsp3) is 0.538. The number of amides is 1. The summed E-state index contributed by atoms with van der Waals surface area (Å²) in [5.41, 5.74) is 3.41. The summed E-state index contributed by atoms with van der Waals surface area (Å²) in [4.78, 5) is 25.6. The molecule has 2 aromatic heterocycles. The lowest BCUT2D eigenvalue weighted by atomic mass is 9.68. The predicted molar refractivity (Wildman–Crippen MR) is 132 cm³/mol. The van der Waals surface area contributed by atoms with Gasteiger partial charge in [0.15, 0.2) is 0 Å². The quantitative estimate of drug-likeness (QED) is 0.580. The lowest BCUT2D eigenvalue weighted by molar-refractivity contribution is -0.140. The molecule has 0 bridgehead atoms. The van der Waals surface area contributed by atoms with Gasteiger partial charge in [0.2, 0.25) is 5.91 Å². The highest BCUT2D eigenvalue weighted by Crippen LogP contribution is 2.49. The first-order chi connectivity index (χ1) is 16.6. The maximum atomic E-state index is 13.0. The van der Waals surface area contributed by atoms with E-state index in [1.54, 1.807) is 18.4 Å². The molecule has 180 valence electrons. The number of hydrogen-bond acceptors (Lipinski definition) is 6. The van der Waals surface area contributed by atoms with Crippen molar-refractivity contribution in [1.29, 1.82) is 0 Å². The molecule has 4 heterocycles. The summed E-state index contributed by atoms with van der Waals surface area (Å²) in [6.45, 7) is 3.21. The SMILES string of the molecule is COc1ccc2c3c([nH]c2c1)[C@H](CO)N(Cc1nccs1)CC31CCN(C(=O)C2CCC2)CC1. The zero-order chi connectivity index (χ0) is 23.3. The molecule has 7 nitrogen and oxygen atoms in total. The van der Waals surface area contributed by atoms with Crippen molar-refractivity contribution < 1.29 is 14.6 Å². The number of hydrogen-bond donors (Lipinski definition) is 2. The zero-order valence-corrected chi connectivity index (χ0v) is 20.4.